The molecule has 0 unspecified atom stereocenters. The number of sulfonamides is 1. The van der Waals surface area contributed by atoms with Gasteiger partial charge in [0.15, 0.2) is 6.54 Å². The first kappa shape index (κ1) is 22.6. The molecule has 28 heavy (non-hydrogen) atoms. The van der Waals surface area contributed by atoms with Crippen molar-refractivity contribution in [2.24, 2.45) is 0 Å². The quantitative estimate of drug-likeness (QED) is 0.728. The second-order valence-electron chi connectivity index (χ2n) is 8.00. The number of alkyl halides is 3. The van der Waals surface area contributed by atoms with Gasteiger partial charge in [0.05, 0.1) is 31.1 Å². The number of hydrogen-bond acceptors (Lipinski definition) is 3. The Balaban J connectivity index is 1.92. The Labute approximate surface area is 163 Å². The van der Waals surface area contributed by atoms with Crippen molar-refractivity contribution in [3.05, 3.63) is 29.8 Å². The molecule has 1 heterocycles. The van der Waals surface area contributed by atoms with Crippen molar-refractivity contribution in [3.8, 4) is 0 Å². The minimum Gasteiger partial charge on any atom is -0.342 e. The molecular weight excluding hydrogens is 395 g/mol. The SMILES string of the molecule is CC(C)(C)c1ccc(S(=O)(=O)N2CC[NH+](CC(=O)NCC(F)(F)F)CC2)cc1. The van der Waals surface area contributed by atoms with Crippen LogP contribution < -0.4 is 10.2 Å². The number of halogens is 3. The third-order valence-corrected chi connectivity index (χ3v) is 6.60. The van der Waals surface area contributed by atoms with Gasteiger partial charge in [-0.3, -0.25) is 4.79 Å². The highest BCUT2D eigenvalue weighted by Crippen LogP contribution is 2.24. The van der Waals surface area contributed by atoms with Crippen LogP contribution in [-0.4, -0.2) is 64.1 Å². The van der Waals surface area contributed by atoms with Crippen LogP contribution in [0.3, 0.4) is 0 Å². The summed E-state index contributed by atoms with van der Waals surface area (Å²) in [6.07, 6.45) is -4.44. The monoisotopic (exact) mass is 422 g/mol. The Morgan fingerprint density at radius 3 is 2.11 bits per heavy atom. The molecule has 2 rings (SSSR count). The van der Waals surface area contributed by atoms with E-state index in [2.05, 4.69) is 0 Å². The molecule has 0 saturated carbocycles. The molecule has 1 amide bonds. The minimum absolute atomic E-state index is 0.0794. The van der Waals surface area contributed by atoms with E-state index in [0.717, 1.165) is 10.5 Å². The van der Waals surface area contributed by atoms with Crippen LogP contribution in [0.1, 0.15) is 26.3 Å². The number of piperazine rings is 1. The molecular formula is C18H27F3N3O3S+. The Morgan fingerprint density at radius 1 is 1.11 bits per heavy atom. The molecule has 2 N–H and O–H groups in total. The van der Waals surface area contributed by atoms with Crippen molar-refractivity contribution < 1.29 is 31.3 Å². The fourth-order valence-electron chi connectivity index (χ4n) is 2.98. The van der Waals surface area contributed by atoms with E-state index >= 15 is 0 Å². The number of hydrogen-bond donors (Lipinski definition) is 2. The zero-order valence-corrected chi connectivity index (χ0v) is 17.1. The summed E-state index contributed by atoms with van der Waals surface area (Å²) in [5.74, 6) is -0.693. The largest absolute Gasteiger partial charge is 0.405 e. The number of carbonyl (C=O) groups excluding carboxylic acids is 1. The van der Waals surface area contributed by atoms with Gasteiger partial charge in [0.25, 0.3) is 5.91 Å². The lowest BCUT2D eigenvalue weighted by Crippen LogP contribution is -3.15. The van der Waals surface area contributed by atoms with Crippen LogP contribution in [-0.2, 0) is 20.2 Å². The van der Waals surface area contributed by atoms with Gasteiger partial charge in [0.1, 0.15) is 6.54 Å². The van der Waals surface area contributed by atoms with Crippen LogP contribution in [0, 0.1) is 0 Å². The predicted octanol–water partition coefficient (Wildman–Crippen LogP) is 0.552. The van der Waals surface area contributed by atoms with Gasteiger partial charge in [-0.25, -0.2) is 8.42 Å². The molecule has 0 aliphatic carbocycles. The van der Waals surface area contributed by atoms with Crippen molar-refractivity contribution in [1.29, 1.82) is 0 Å². The Morgan fingerprint density at radius 2 is 1.64 bits per heavy atom. The second-order valence-corrected chi connectivity index (χ2v) is 9.94. The highest BCUT2D eigenvalue weighted by atomic mass is 32.2. The number of nitrogens with zero attached hydrogens (tertiary/aromatic N) is 1. The molecule has 0 atom stereocenters. The summed E-state index contributed by atoms with van der Waals surface area (Å²) < 4.78 is 63.4. The third kappa shape index (κ3) is 6.18. The molecule has 1 saturated heterocycles. The molecule has 1 aliphatic rings. The number of rotatable bonds is 5. The number of carbonyl (C=O) groups is 1. The standard InChI is InChI=1S/C18H26F3N3O3S/c1-17(2,3)14-4-6-15(7-5-14)28(26,27)24-10-8-23(9-11-24)12-16(25)22-13-18(19,20)21/h4-7H,8-13H2,1-3H3,(H,22,25)/p+1. The fourth-order valence-corrected chi connectivity index (χ4v) is 4.43. The van der Waals surface area contributed by atoms with Crippen LogP contribution in [0.4, 0.5) is 13.2 Å². The molecule has 0 spiro atoms. The topological polar surface area (TPSA) is 70.9 Å². The summed E-state index contributed by atoms with van der Waals surface area (Å²) in [6.45, 7) is 5.82. The normalized spacial score (nSPS) is 17.5. The minimum atomic E-state index is -4.44. The van der Waals surface area contributed by atoms with E-state index in [1.807, 2.05) is 26.1 Å². The molecule has 10 heteroatoms. The van der Waals surface area contributed by atoms with E-state index in [0.29, 0.717) is 13.1 Å². The zero-order chi connectivity index (χ0) is 21.2. The fraction of sp³-hybridized carbons (Fsp3) is 0.611. The lowest BCUT2D eigenvalue weighted by molar-refractivity contribution is -0.895. The van der Waals surface area contributed by atoms with Crippen LogP contribution >= 0.6 is 0 Å². The van der Waals surface area contributed by atoms with Crippen LogP contribution in [0.15, 0.2) is 29.2 Å². The molecule has 158 valence electrons. The van der Waals surface area contributed by atoms with Gasteiger partial charge in [-0.15, -0.1) is 0 Å². The lowest BCUT2D eigenvalue weighted by atomic mass is 9.87. The van der Waals surface area contributed by atoms with E-state index in [4.69, 9.17) is 0 Å². The zero-order valence-electron chi connectivity index (χ0n) is 16.3. The van der Waals surface area contributed by atoms with E-state index in [9.17, 15) is 26.4 Å². The summed E-state index contributed by atoms with van der Waals surface area (Å²) >= 11 is 0. The molecule has 0 aromatic heterocycles. The molecule has 1 aliphatic heterocycles. The molecule has 6 nitrogen and oxygen atoms in total. The molecule has 0 radical (unpaired) electrons. The van der Waals surface area contributed by atoms with Gasteiger partial charge >= 0.3 is 6.18 Å². The summed E-state index contributed by atoms with van der Waals surface area (Å²) in [6, 6.07) is 6.80. The number of nitrogens with one attached hydrogen (secondary N) is 2. The van der Waals surface area contributed by atoms with Gasteiger partial charge < -0.3 is 10.2 Å². The highest BCUT2D eigenvalue weighted by molar-refractivity contribution is 7.89. The summed E-state index contributed by atoms with van der Waals surface area (Å²) in [5.41, 5.74) is 0.954. The average Bonchev–Trinajstić information content (AvgIpc) is 2.59. The summed E-state index contributed by atoms with van der Waals surface area (Å²) in [5, 5.41) is 1.84. The second kappa shape index (κ2) is 8.38. The van der Waals surface area contributed by atoms with Crippen molar-refractivity contribution in [1.82, 2.24) is 9.62 Å². The van der Waals surface area contributed by atoms with Gasteiger partial charge in [0, 0.05) is 0 Å². The highest BCUT2D eigenvalue weighted by Gasteiger charge is 2.32. The molecule has 1 aromatic carbocycles. The average molecular weight is 422 g/mol. The Hall–Kier alpha value is -1.65. The maximum Gasteiger partial charge on any atom is 0.405 e. The van der Waals surface area contributed by atoms with Crippen molar-refractivity contribution >= 4 is 15.9 Å². The van der Waals surface area contributed by atoms with E-state index in [1.54, 1.807) is 24.3 Å². The van der Waals surface area contributed by atoms with Crippen LogP contribution in [0.2, 0.25) is 0 Å². The summed E-state index contributed by atoms with van der Waals surface area (Å²) in [4.78, 5) is 12.6. The first-order chi connectivity index (χ1) is 12.8. The van der Waals surface area contributed by atoms with Crippen molar-refractivity contribution in [2.45, 2.75) is 37.3 Å². The van der Waals surface area contributed by atoms with E-state index in [1.165, 1.54) is 4.31 Å². The number of benzene rings is 1. The van der Waals surface area contributed by atoms with Gasteiger partial charge in [0.2, 0.25) is 10.0 Å². The molecule has 1 aromatic rings. The maximum atomic E-state index is 12.8. The Bertz CT molecular complexity index is 779. The van der Waals surface area contributed by atoms with Gasteiger partial charge in [-0.05, 0) is 23.1 Å². The number of quaternary nitrogens is 1. The van der Waals surface area contributed by atoms with Crippen LogP contribution in [0.5, 0.6) is 0 Å². The van der Waals surface area contributed by atoms with Crippen molar-refractivity contribution in [3.63, 3.8) is 0 Å². The first-order valence-electron chi connectivity index (χ1n) is 9.07. The third-order valence-electron chi connectivity index (χ3n) is 4.68. The maximum absolute atomic E-state index is 12.8. The predicted molar refractivity (Wildman–Crippen MR) is 98.5 cm³/mol. The smallest absolute Gasteiger partial charge is 0.342 e. The van der Waals surface area contributed by atoms with E-state index in [-0.39, 0.29) is 29.9 Å². The van der Waals surface area contributed by atoms with E-state index < -0.39 is 28.7 Å². The first-order valence-corrected chi connectivity index (χ1v) is 10.5. The van der Waals surface area contributed by atoms with Crippen molar-refractivity contribution in [2.75, 3.05) is 39.3 Å². The number of amides is 1. The van der Waals surface area contributed by atoms with Crippen LogP contribution in [0.25, 0.3) is 0 Å². The molecule has 1 fully saturated rings. The van der Waals surface area contributed by atoms with Gasteiger partial charge in [-0.1, -0.05) is 32.9 Å². The summed E-state index contributed by atoms with van der Waals surface area (Å²) in [7, 11) is -3.64. The van der Waals surface area contributed by atoms with Gasteiger partial charge in [-0.2, -0.15) is 17.5 Å². The lowest BCUT2D eigenvalue weighted by Gasteiger charge is -2.31. The Kier molecular flexibility index (Phi) is 6.78. The molecule has 0 bridgehead atoms.